The highest BCUT2D eigenvalue weighted by atomic mass is 16.2. The fraction of sp³-hybridized carbons (Fsp3) is 0.947. The van der Waals surface area contributed by atoms with Gasteiger partial charge in [-0.3, -0.25) is 9.69 Å². The molecule has 0 unspecified atom stereocenters. The van der Waals surface area contributed by atoms with Gasteiger partial charge in [-0.2, -0.15) is 0 Å². The summed E-state index contributed by atoms with van der Waals surface area (Å²) in [6.45, 7) is 12.4. The number of nitrogens with zero attached hydrogens (tertiary/aromatic N) is 1. The SMILES string of the molecule is CCCCCC(C)(C)N1C(C)(C)CNC(=O)C12CCCCC2. The average Bonchev–Trinajstić information content (AvgIpc) is 2.44. The summed E-state index contributed by atoms with van der Waals surface area (Å²) in [4.78, 5) is 15.5. The summed E-state index contributed by atoms with van der Waals surface area (Å²) in [6.07, 6.45) is 10.7. The van der Waals surface area contributed by atoms with Gasteiger partial charge in [0.1, 0.15) is 5.54 Å². The molecule has 1 amide bonds. The Morgan fingerprint density at radius 2 is 1.77 bits per heavy atom. The van der Waals surface area contributed by atoms with Gasteiger partial charge in [0.15, 0.2) is 0 Å². The number of carbonyl (C=O) groups excluding carboxylic acids is 1. The van der Waals surface area contributed by atoms with Crippen molar-refractivity contribution in [2.45, 2.75) is 109 Å². The van der Waals surface area contributed by atoms with Gasteiger partial charge in [0.05, 0.1) is 0 Å². The molecule has 1 N–H and O–H groups in total. The minimum absolute atomic E-state index is 0.0287. The van der Waals surface area contributed by atoms with Crippen molar-refractivity contribution >= 4 is 5.91 Å². The second kappa shape index (κ2) is 6.51. The van der Waals surface area contributed by atoms with E-state index in [1.54, 1.807) is 0 Å². The van der Waals surface area contributed by atoms with E-state index in [1.165, 1.54) is 44.9 Å². The molecule has 3 heteroatoms. The van der Waals surface area contributed by atoms with Crippen LogP contribution in [0.4, 0.5) is 0 Å². The number of hydrogen-bond donors (Lipinski definition) is 1. The number of piperazine rings is 1. The third-order valence-electron chi connectivity index (χ3n) is 5.82. The van der Waals surface area contributed by atoms with E-state index in [4.69, 9.17) is 0 Å². The number of hydrogen-bond acceptors (Lipinski definition) is 2. The van der Waals surface area contributed by atoms with E-state index in [2.05, 4.69) is 44.8 Å². The smallest absolute Gasteiger partial charge is 0.240 e. The van der Waals surface area contributed by atoms with Gasteiger partial charge in [0, 0.05) is 17.6 Å². The lowest BCUT2D eigenvalue weighted by molar-refractivity contribution is -0.164. The molecule has 1 spiro atoms. The van der Waals surface area contributed by atoms with Crippen molar-refractivity contribution < 1.29 is 4.79 Å². The molecule has 3 nitrogen and oxygen atoms in total. The summed E-state index contributed by atoms with van der Waals surface area (Å²) in [7, 11) is 0. The van der Waals surface area contributed by atoms with Crippen LogP contribution in [-0.4, -0.2) is 34.0 Å². The summed E-state index contributed by atoms with van der Waals surface area (Å²) < 4.78 is 0. The van der Waals surface area contributed by atoms with E-state index in [0.29, 0.717) is 0 Å². The standard InChI is InChI=1S/C19H36N2O/c1-6-7-9-12-17(2,3)21-18(4,5)15-20-16(22)19(21)13-10-8-11-14-19/h6-15H2,1-5H3,(H,20,22). The first-order chi connectivity index (χ1) is 10.3. The van der Waals surface area contributed by atoms with Crippen LogP contribution >= 0.6 is 0 Å². The molecule has 1 saturated carbocycles. The zero-order chi connectivity index (χ0) is 16.4. The third-order valence-corrected chi connectivity index (χ3v) is 5.82. The quantitative estimate of drug-likeness (QED) is 0.770. The molecule has 1 saturated heterocycles. The van der Waals surface area contributed by atoms with Crippen LogP contribution in [0.5, 0.6) is 0 Å². The summed E-state index contributed by atoms with van der Waals surface area (Å²) >= 11 is 0. The van der Waals surface area contributed by atoms with Crippen molar-refractivity contribution in [2.24, 2.45) is 0 Å². The van der Waals surface area contributed by atoms with Crippen LogP contribution in [0.15, 0.2) is 0 Å². The van der Waals surface area contributed by atoms with E-state index in [-0.39, 0.29) is 22.5 Å². The van der Waals surface area contributed by atoms with Crippen LogP contribution < -0.4 is 5.32 Å². The lowest BCUT2D eigenvalue weighted by Crippen LogP contribution is -2.77. The highest BCUT2D eigenvalue weighted by Crippen LogP contribution is 2.46. The molecule has 22 heavy (non-hydrogen) atoms. The Kier molecular flexibility index (Phi) is 5.26. The molecule has 1 aliphatic carbocycles. The molecule has 0 radical (unpaired) electrons. The maximum atomic E-state index is 12.9. The van der Waals surface area contributed by atoms with Crippen LogP contribution in [0.25, 0.3) is 0 Å². The topological polar surface area (TPSA) is 32.3 Å². The minimum atomic E-state index is -0.268. The Hall–Kier alpha value is -0.570. The summed E-state index contributed by atoms with van der Waals surface area (Å²) in [5, 5.41) is 3.22. The van der Waals surface area contributed by atoms with Crippen molar-refractivity contribution in [3.63, 3.8) is 0 Å². The van der Waals surface area contributed by atoms with E-state index < -0.39 is 0 Å². The molecule has 128 valence electrons. The highest BCUT2D eigenvalue weighted by molar-refractivity contribution is 5.87. The number of rotatable bonds is 5. The van der Waals surface area contributed by atoms with Crippen LogP contribution in [0.3, 0.4) is 0 Å². The van der Waals surface area contributed by atoms with Crippen molar-refractivity contribution in [2.75, 3.05) is 6.54 Å². The van der Waals surface area contributed by atoms with Gasteiger partial charge < -0.3 is 5.32 Å². The molecule has 0 atom stereocenters. The second-order valence-electron chi connectivity index (χ2n) is 8.69. The molecule has 1 aliphatic heterocycles. The Balaban J connectivity index is 2.33. The van der Waals surface area contributed by atoms with Gasteiger partial charge in [-0.1, -0.05) is 45.4 Å². The molecule has 0 aromatic heterocycles. The predicted octanol–water partition coefficient (Wildman–Crippen LogP) is 4.26. The molecular formula is C19H36N2O. The first-order valence-corrected chi connectivity index (χ1v) is 9.35. The lowest BCUT2D eigenvalue weighted by atomic mass is 9.71. The third kappa shape index (κ3) is 3.20. The van der Waals surface area contributed by atoms with Crippen LogP contribution in [0.1, 0.15) is 92.4 Å². The van der Waals surface area contributed by atoms with Gasteiger partial charge in [0.2, 0.25) is 5.91 Å². The van der Waals surface area contributed by atoms with E-state index in [0.717, 1.165) is 19.4 Å². The van der Waals surface area contributed by atoms with Crippen molar-refractivity contribution in [3.8, 4) is 0 Å². The first kappa shape index (κ1) is 17.8. The normalized spacial score (nSPS) is 25.2. The lowest BCUT2D eigenvalue weighted by Gasteiger charge is -2.62. The number of amides is 1. The number of carbonyl (C=O) groups is 1. The van der Waals surface area contributed by atoms with Crippen LogP contribution in [0, 0.1) is 0 Å². The maximum absolute atomic E-state index is 12.9. The molecule has 1 heterocycles. The Morgan fingerprint density at radius 1 is 1.14 bits per heavy atom. The Labute approximate surface area is 137 Å². The number of unbranched alkanes of at least 4 members (excludes halogenated alkanes) is 2. The molecule has 0 bridgehead atoms. The van der Waals surface area contributed by atoms with Gasteiger partial charge >= 0.3 is 0 Å². The largest absolute Gasteiger partial charge is 0.353 e. The van der Waals surface area contributed by atoms with Crippen LogP contribution in [0.2, 0.25) is 0 Å². The van der Waals surface area contributed by atoms with Gasteiger partial charge in [-0.15, -0.1) is 0 Å². The fourth-order valence-corrected chi connectivity index (χ4v) is 5.13. The Bertz CT molecular complexity index is 394. The zero-order valence-electron chi connectivity index (χ0n) is 15.4. The molecule has 0 aromatic carbocycles. The van der Waals surface area contributed by atoms with Gasteiger partial charge in [0.25, 0.3) is 0 Å². The monoisotopic (exact) mass is 308 g/mol. The van der Waals surface area contributed by atoms with E-state index in [9.17, 15) is 4.79 Å². The van der Waals surface area contributed by atoms with E-state index in [1.807, 2.05) is 0 Å². The van der Waals surface area contributed by atoms with E-state index >= 15 is 0 Å². The van der Waals surface area contributed by atoms with Gasteiger partial charge in [-0.25, -0.2) is 0 Å². The molecule has 2 aliphatic rings. The second-order valence-corrected chi connectivity index (χ2v) is 8.69. The summed E-state index contributed by atoms with van der Waals surface area (Å²) in [6, 6.07) is 0. The van der Waals surface area contributed by atoms with Crippen molar-refractivity contribution in [1.82, 2.24) is 10.2 Å². The molecule has 0 aromatic rings. The fourth-order valence-electron chi connectivity index (χ4n) is 5.13. The molecule has 2 fully saturated rings. The summed E-state index contributed by atoms with van der Waals surface area (Å²) in [5.74, 6) is 0.287. The number of nitrogens with one attached hydrogen (secondary N) is 1. The predicted molar refractivity (Wildman–Crippen MR) is 93.0 cm³/mol. The van der Waals surface area contributed by atoms with Gasteiger partial charge in [-0.05, 0) is 47.0 Å². The summed E-state index contributed by atoms with van der Waals surface area (Å²) in [5.41, 5.74) is -0.162. The van der Waals surface area contributed by atoms with Crippen molar-refractivity contribution in [1.29, 1.82) is 0 Å². The van der Waals surface area contributed by atoms with Crippen molar-refractivity contribution in [3.05, 3.63) is 0 Å². The average molecular weight is 309 g/mol. The maximum Gasteiger partial charge on any atom is 0.240 e. The highest BCUT2D eigenvalue weighted by Gasteiger charge is 2.57. The molecular weight excluding hydrogens is 272 g/mol. The molecule has 2 rings (SSSR count). The Morgan fingerprint density at radius 3 is 2.36 bits per heavy atom. The first-order valence-electron chi connectivity index (χ1n) is 9.35. The zero-order valence-corrected chi connectivity index (χ0v) is 15.4. The van der Waals surface area contributed by atoms with Crippen LogP contribution in [-0.2, 0) is 4.79 Å². The minimum Gasteiger partial charge on any atom is -0.353 e.